The summed E-state index contributed by atoms with van der Waals surface area (Å²) in [5.74, 6) is 1.35. The Hall–Kier alpha value is -2.49. The molecule has 0 saturated carbocycles. The summed E-state index contributed by atoms with van der Waals surface area (Å²) in [6.07, 6.45) is 0.357. The number of amides is 1. The van der Waals surface area contributed by atoms with Crippen LogP contribution in [-0.4, -0.2) is 19.1 Å². The Morgan fingerprint density at radius 2 is 1.90 bits per heavy atom. The van der Waals surface area contributed by atoms with E-state index in [1.54, 1.807) is 6.07 Å². The molecule has 0 radical (unpaired) electrons. The monoisotopic (exact) mass is 283 g/mol. The number of rotatable bonds is 3. The van der Waals surface area contributed by atoms with Gasteiger partial charge in [0, 0.05) is 11.8 Å². The van der Waals surface area contributed by atoms with Gasteiger partial charge in [0.05, 0.1) is 6.42 Å². The van der Waals surface area contributed by atoms with Crippen molar-refractivity contribution in [3.05, 3.63) is 53.6 Å². The summed E-state index contributed by atoms with van der Waals surface area (Å²) in [7, 11) is 0. The average Bonchev–Trinajstić information content (AvgIpc) is 2.47. The molecule has 4 heteroatoms. The Balaban J connectivity index is 1.67. The van der Waals surface area contributed by atoms with Gasteiger partial charge in [-0.25, -0.2) is 0 Å². The topological polar surface area (TPSA) is 47.6 Å². The molecule has 2 aromatic rings. The van der Waals surface area contributed by atoms with E-state index in [0.29, 0.717) is 25.4 Å². The molecule has 0 aromatic heterocycles. The van der Waals surface area contributed by atoms with Crippen LogP contribution in [0.15, 0.2) is 42.5 Å². The fourth-order valence-electron chi connectivity index (χ4n) is 2.33. The Kier molecular flexibility index (Phi) is 3.77. The van der Waals surface area contributed by atoms with Crippen LogP contribution in [0.3, 0.4) is 0 Å². The third-order valence-corrected chi connectivity index (χ3v) is 3.27. The minimum atomic E-state index is -0.0442. The van der Waals surface area contributed by atoms with Crippen LogP contribution < -0.4 is 14.8 Å². The maximum Gasteiger partial charge on any atom is 0.228 e. The molecule has 0 unspecified atom stereocenters. The van der Waals surface area contributed by atoms with E-state index in [9.17, 15) is 4.79 Å². The van der Waals surface area contributed by atoms with Crippen molar-refractivity contribution in [2.24, 2.45) is 0 Å². The molecule has 2 aromatic carbocycles. The van der Waals surface area contributed by atoms with E-state index in [1.165, 1.54) is 0 Å². The molecule has 0 bridgehead atoms. The summed E-state index contributed by atoms with van der Waals surface area (Å²) in [5.41, 5.74) is 2.88. The molecule has 0 spiro atoms. The van der Waals surface area contributed by atoms with Crippen LogP contribution in [0.25, 0.3) is 0 Å². The molecule has 3 rings (SSSR count). The van der Waals surface area contributed by atoms with Crippen LogP contribution in [0.5, 0.6) is 11.5 Å². The minimum absolute atomic E-state index is 0.0442. The van der Waals surface area contributed by atoms with Gasteiger partial charge in [0.2, 0.25) is 5.91 Å². The lowest BCUT2D eigenvalue weighted by Crippen LogP contribution is -2.17. The Morgan fingerprint density at radius 3 is 2.71 bits per heavy atom. The number of aryl methyl sites for hydroxylation is 1. The van der Waals surface area contributed by atoms with Crippen molar-refractivity contribution in [2.75, 3.05) is 18.5 Å². The van der Waals surface area contributed by atoms with Gasteiger partial charge in [-0.15, -0.1) is 0 Å². The van der Waals surface area contributed by atoms with Crippen LogP contribution in [0.1, 0.15) is 11.1 Å². The van der Waals surface area contributed by atoms with Gasteiger partial charge >= 0.3 is 0 Å². The molecule has 21 heavy (non-hydrogen) atoms. The van der Waals surface area contributed by atoms with Gasteiger partial charge in [0.25, 0.3) is 0 Å². The number of nitrogens with one attached hydrogen (secondary N) is 1. The molecule has 1 N–H and O–H groups in total. The van der Waals surface area contributed by atoms with E-state index in [2.05, 4.69) is 5.32 Å². The first-order chi connectivity index (χ1) is 10.2. The average molecular weight is 283 g/mol. The zero-order valence-electron chi connectivity index (χ0n) is 11.9. The van der Waals surface area contributed by atoms with Gasteiger partial charge in [-0.2, -0.15) is 0 Å². The van der Waals surface area contributed by atoms with Crippen molar-refractivity contribution in [3.8, 4) is 11.5 Å². The standard InChI is InChI=1S/C17H17NO3/c1-12-3-2-4-13(9-12)10-17(19)18-14-5-6-15-16(11-14)21-8-7-20-15/h2-6,9,11H,7-8,10H2,1H3,(H,18,19). The van der Waals surface area contributed by atoms with Gasteiger partial charge in [0.15, 0.2) is 11.5 Å². The Bertz CT molecular complexity index is 667. The lowest BCUT2D eigenvalue weighted by atomic mass is 10.1. The number of carbonyl (C=O) groups excluding carboxylic acids is 1. The first-order valence-corrected chi connectivity index (χ1v) is 6.96. The van der Waals surface area contributed by atoms with E-state index >= 15 is 0 Å². The molecule has 0 fully saturated rings. The van der Waals surface area contributed by atoms with E-state index in [4.69, 9.17) is 9.47 Å². The molecule has 1 amide bonds. The molecule has 1 heterocycles. The Morgan fingerprint density at radius 1 is 1.10 bits per heavy atom. The van der Waals surface area contributed by atoms with Crippen molar-refractivity contribution in [1.29, 1.82) is 0 Å². The van der Waals surface area contributed by atoms with Crippen molar-refractivity contribution in [2.45, 2.75) is 13.3 Å². The number of hydrogen-bond acceptors (Lipinski definition) is 3. The summed E-state index contributed by atoms with van der Waals surface area (Å²) in [6.45, 7) is 3.11. The largest absolute Gasteiger partial charge is 0.486 e. The quantitative estimate of drug-likeness (QED) is 0.942. The molecule has 4 nitrogen and oxygen atoms in total. The smallest absolute Gasteiger partial charge is 0.228 e. The summed E-state index contributed by atoms with van der Waals surface area (Å²) in [5, 5.41) is 2.89. The summed E-state index contributed by atoms with van der Waals surface area (Å²) in [4.78, 5) is 12.1. The van der Waals surface area contributed by atoms with Gasteiger partial charge in [-0.05, 0) is 24.6 Å². The van der Waals surface area contributed by atoms with E-state index in [0.717, 1.165) is 22.6 Å². The SMILES string of the molecule is Cc1cccc(CC(=O)Nc2ccc3c(c2)OCCO3)c1. The highest BCUT2D eigenvalue weighted by molar-refractivity contribution is 5.92. The Labute approximate surface area is 123 Å². The second kappa shape index (κ2) is 5.87. The van der Waals surface area contributed by atoms with Crippen LogP contribution in [0.2, 0.25) is 0 Å². The zero-order valence-corrected chi connectivity index (χ0v) is 11.9. The van der Waals surface area contributed by atoms with E-state index in [-0.39, 0.29) is 5.91 Å². The van der Waals surface area contributed by atoms with Crippen LogP contribution >= 0.6 is 0 Å². The minimum Gasteiger partial charge on any atom is -0.486 e. The molecular formula is C17H17NO3. The lowest BCUT2D eigenvalue weighted by molar-refractivity contribution is -0.115. The van der Waals surface area contributed by atoms with E-state index < -0.39 is 0 Å². The summed E-state index contributed by atoms with van der Waals surface area (Å²) < 4.78 is 11.0. The predicted octanol–water partition coefficient (Wildman–Crippen LogP) is 2.95. The van der Waals surface area contributed by atoms with Crippen molar-refractivity contribution in [1.82, 2.24) is 0 Å². The van der Waals surface area contributed by atoms with Crippen LogP contribution in [0, 0.1) is 6.92 Å². The molecule has 0 saturated heterocycles. The maximum absolute atomic E-state index is 12.1. The molecule has 0 aliphatic carbocycles. The number of anilines is 1. The van der Waals surface area contributed by atoms with Crippen molar-refractivity contribution < 1.29 is 14.3 Å². The maximum atomic E-state index is 12.1. The number of fused-ring (bicyclic) bond motifs is 1. The van der Waals surface area contributed by atoms with Gasteiger partial charge in [-0.1, -0.05) is 29.8 Å². The fraction of sp³-hybridized carbons (Fsp3) is 0.235. The molecule has 1 aliphatic rings. The molecule has 108 valence electrons. The van der Waals surface area contributed by atoms with Crippen LogP contribution in [-0.2, 0) is 11.2 Å². The third kappa shape index (κ3) is 3.34. The third-order valence-electron chi connectivity index (χ3n) is 3.27. The summed E-state index contributed by atoms with van der Waals surface area (Å²) >= 11 is 0. The number of ether oxygens (including phenoxy) is 2. The van der Waals surface area contributed by atoms with Crippen LogP contribution in [0.4, 0.5) is 5.69 Å². The summed E-state index contributed by atoms with van der Waals surface area (Å²) in [6, 6.07) is 13.4. The molecular weight excluding hydrogens is 266 g/mol. The highest BCUT2D eigenvalue weighted by Gasteiger charge is 2.12. The lowest BCUT2D eigenvalue weighted by Gasteiger charge is -2.19. The number of carbonyl (C=O) groups is 1. The number of benzene rings is 2. The molecule has 0 atom stereocenters. The first kappa shape index (κ1) is 13.5. The van der Waals surface area contributed by atoms with Crippen molar-refractivity contribution >= 4 is 11.6 Å². The molecule has 1 aliphatic heterocycles. The van der Waals surface area contributed by atoms with Crippen molar-refractivity contribution in [3.63, 3.8) is 0 Å². The second-order valence-corrected chi connectivity index (χ2v) is 5.07. The highest BCUT2D eigenvalue weighted by atomic mass is 16.6. The van der Waals surface area contributed by atoms with Gasteiger partial charge in [0.1, 0.15) is 13.2 Å². The normalized spacial score (nSPS) is 12.8. The van der Waals surface area contributed by atoms with E-state index in [1.807, 2.05) is 43.3 Å². The fourth-order valence-corrected chi connectivity index (χ4v) is 2.33. The first-order valence-electron chi connectivity index (χ1n) is 6.96. The predicted molar refractivity (Wildman–Crippen MR) is 80.9 cm³/mol. The zero-order chi connectivity index (χ0) is 14.7. The number of hydrogen-bond donors (Lipinski definition) is 1. The second-order valence-electron chi connectivity index (χ2n) is 5.07. The highest BCUT2D eigenvalue weighted by Crippen LogP contribution is 2.32. The van der Waals surface area contributed by atoms with Gasteiger partial charge < -0.3 is 14.8 Å². The van der Waals surface area contributed by atoms with Gasteiger partial charge in [-0.3, -0.25) is 4.79 Å².